The number of hydrogen-bond donors (Lipinski definition) is 0. The molecule has 0 saturated carbocycles. The Bertz CT molecular complexity index is 1170. The zero-order valence-electron chi connectivity index (χ0n) is 21.9. The van der Waals surface area contributed by atoms with Gasteiger partial charge in [-0.3, -0.25) is 4.98 Å². The summed E-state index contributed by atoms with van der Waals surface area (Å²) in [5, 5.41) is 10.6. The Kier molecular flexibility index (Phi) is 8.40. The number of pyridine rings is 1. The van der Waals surface area contributed by atoms with Crippen LogP contribution in [0.2, 0.25) is 0 Å². The molecule has 1 heterocycles. The van der Waals surface area contributed by atoms with E-state index >= 15 is 0 Å². The number of nitriles is 1. The normalized spacial score (nSPS) is 16.7. The molecule has 0 radical (unpaired) electrons. The monoisotopic (exact) mass is 464 g/mol. The lowest BCUT2D eigenvalue weighted by Gasteiger charge is -2.25. The summed E-state index contributed by atoms with van der Waals surface area (Å²) in [6, 6.07) is 22.3. The molecule has 1 atom stereocenters. The van der Waals surface area contributed by atoms with E-state index in [0.29, 0.717) is 0 Å². The molecular formula is C33H40N2. The molecule has 0 N–H and O–H groups in total. The lowest BCUT2D eigenvalue weighted by Crippen LogP contribution is -2.26. The summed E-state index contributed by atoms with van der Waals surface area (Å²) in [6.07, 6.45) is 11.9. The van der Waals surface area contributed by atoms with E-state index in [-0.39, 0.29) is 0 Å². The van der Waals surface area contributed by atoms with Crippen molar-refractivity contribution in [3.8, 4) is 17.2 Å². The smallest absolute Gasteiger partial charge is 0.104 e. The first-order valence-electron chi connectivity index (χ1n) is 13.7. The zero-order valence-corrected chi connectivity index (χ0v) is 21.9. The van der Waals surface area contributed by atoms with Gasteiger partial charge in [-0.05, 0) is 79.7 Å². The van der Waals surface area contributed by atoms with Crippen LogP contribution < -0.4 is 0 Å². The predicted molar refractivity (Wildman–Crippen MR) is 147 cm³/mol. The van der Waals surface area contributed by atoms with Gasteiger partial charge in [-0.1, -0.05) is 99.7 Å². The molecule has 1 aromatic heterocycles. The SMILES string of the molecule is CCCCCc1nc2c(c(-c3ccccc3)c1CCCCC)CCC2(C#N)Cc1cccc(C)c1. The minimum Gasteiger partial charge on any atom is -0.256 e. The second-order valence-electron chi connectivity index (χ2n) is 10.4. The maximum Gasteiger partial charge on any atom is 0.104 e. The van der Waals surface area contributed by atoms with Crippen molar-refractivity contribution in [1.29, 1.82) is 5.26 Å². The standard InChI is InChI=1S/C33H40N2/c1-4-6-9-18-28-30(19-10-7-5-2)35-32-29(31(28)27-16-11-8-12-17-27)20-21-33(32,24-34)23-26-15-13-14-25(3)22-26/h8,11-17,22H,4-7,9-10,18-21,23H2,1-3H3. The van der Waals surface area contributed by atoms with E-state index in [9.17, 15) is 5.26 Å². The Balaban J connectivity index is 1.88. The topological polar surface area (TPSA) is 36.7 Å². The van der Waals surface area contributed by atoms with Crippen molar-refractivity contribution in [2.75, 3.05) is 0 Å². The summed E-state index contributed by atoms with van der Waals surface area (Å²) < 4.78 is 0. The molecule has 2 heteroatoms. The Morgan fingerprint density at radius 3 is 2.34 bits per heavy atom. The van der Waals surface area contributed by atoms with Crippen LogP contribution in [0.25, 0.3) is 11.1 Å². The van der Waals surface area contributed by atoms with Gasteiger partial charge in [0, 0.05) is 5.69 Å². The van der Waals surface area contributed by atoms with Crippen LogP contribution in [0.5, 0.6) is 0 Å². The molecule has 2 aromatic carbocycles. The van der Waals surface area contributed by atoms with Crippen molar-refractivity contribution in [2.45, 2.75) is 96.8 Å². The number of benzene rings is 2. The molecule has 0 aliphatic heterocycles. The van der Waals surface area contributed by atoms with Crippen molar-refractivity contribution in [3.05, 3.63) is 88.2 Å². The summed E-state index contributed by atoms with van der Waals surface area (Å²) in [5.41, 5.74) is 9.70. The van der Waals surface area contributed by atoms with Gasteiger partial charge in [0.25, 0.3) is 0 Å². The van der Waals surface area contributed by atoms with Crippen molar-refractivity contribution in [1.82, 2.24) is 4.98 Å². The fourth-order valence-corrected chi connectivity index (χ4v) is 5.83. The van der Waals surface area contributed by atoms with E-state index in [4.69, 9.17) is 4.98 Å². The van der Waals surface area contributed by atoms with Gasteiger partial charge < -0.3 is 0 Å². The molecule has 1 unspecified atom stereocenters. The van der Waals surface area contributed by atoms with Crippen LogP contribution in [-0.4, -0.2) is 4.98 Å². The second kappa shape index (κ2) is 11.7. The molecular weight excluding hydrogens is 424 g/mol. The fourth-order valence-electron chi connectivity index (χ4n) is 5.83. The molecule has 4 rings (SSSR count). The second-order valence-corrected chi connectivity index (χ2v) is 10.4. The summed E-state index contributed by atoms with van der Waals surface area (Å²) in [7, 11) is 0. The third-order valence-corrected chi connectivity index (χ3v) is 7.65. The van der Waals surface area contributed by atoms with E-state index in [0.717, 1.165) is 44.2 Å². The number of unbranched alkanes of at least 4 members (excludes halogenated alkanes) is 4. The Morgan fingerprint density at radius 2 is 1.66 bits per heavy atom. The molecule has 2 nitrogen and oxygen atoms in total. The Labute approximate surface area is 212 Å². The van der Waals surface area contributed by atoms with Crippen LogP contribution in [-0.2, 0) is 31.1 Å². The number of rotatable bonds is 11. The minimum absolute atomic E-state index is 0.548. The summed E-state index contributed by atoms with van der Waals surface area (Å²) in [5.74, 6) is 0. The Hall–Kier alpha value is -2.92. The number of fused-ring (bicyclic) bond motifs is 1. The van der Waals surface area contributed by atoms with Crippen LogP contribution >= 0.6 is 0 Å². The first kappa shape index (κ1) is 25.2. The maximum absolute atomic E-state index is 10.6. The average molecular weight is 465 g/mol. The predicted octanol–water partition coefficient (Wildman–Crippen LogP) is 8.47. The largest absolute Gasteiger partial charge is 0.256 e. The molecule has 182 valence electrons. The summed E-state index contributed by atoms with van der Waals surface area (Å²) in [6.45, 7) is 6.66. The van der Waals surface area contributed by atoms with Crippen molar-refractivity contribution < 1.29 is 0 Å². The lowest BCUT2D eigenvalue weighted by molar-refractivity contribution is 0.525. The van der Waals surface area contributed by atoms with Gasteiger partial charge in [0.2, 0.25) is 0 Å². The number of aromatic nitrogens is 1. The van der Waals surface area contributed by atoms with Crippen LogP contribution in [0.3, 0.4) is 0 Å². The molecule has 0 fully saturated rings. The molecule has 0 bridgehead atoms. The molecule has 35 heavy (non-hydrogen) atoms. The van der Waals surface area contributed by atoms with Crippen molar-refractivity contribution in [2.24, 2.45) is 0 Å². The number of hydrogen-bond acceptors (Lipinski definition) is 2. The average Bonchev–Trinajstić information content (AvgIpc) is 3.22. The minimum atomic E-state index is -0.548. The highest BCUT2D eigenvalue weighted by atomic mass is 14.8. The van der Waals surface area contributed by atoms with E-state index in [1.54, 1.807) is 0 Å². The van der Waals surface area contributed by atoms with Gasteiger partial charge in [0.1, 0.15) is 5.41 Å². The van der Waals surface area contributed by atoms with Crippen LogP contribution in [0.15, 0.2) is 54.6 Å². The van der Waals surface area contributed by atoms with Crippen LogP contribution in [0, 0.1) is 18.3 Å². The van der Waals surface area contributed by atoms with Gasteiger partial charge in [-0.15, -0.1) is 0 Å². The quantitative estimate of drug-likeness (QED) is 0.267. The van der Waals surface area contributed by atoms with E-state index in [2.05, 4.69) is 81.4 Å². The third-order valence-electron chi connectivity index (χ3n) is 7.65. The Morgan fingerprint density at radius 1 is 0.914 bits per heavy atom. The maximum atomic E-state index is 10.6. The highest BCUT2D eigenvalue weighted by Gasteiger charge is 2.43. The highest BCUT2D eigenvalue weighted by molar-refractivity contribution is 5.74. The molecule has 0 amide bonds. The molecule has 1 aliphatic rings. The van der Waals surface area contributed by atoms with Gasteiger partial charge in [0.15, 0.2) is 0 Å². The van der Waals surface area contributed by atoms with E-state index in [1.807, 2.05) is 0 Å². The number of aryl methyl sites for hydroxylation is 2. The molecule has 0 spiro atoms. The van der Waals surface area contributed by atoms with E-state index in [1.165, 1.54) is 71.2 Å². The first-order chi connectivity index (χ1) is 17.1. The van der Waals surface area contributed by atoms with Crippen molar-refractivity contribution in [3.63, 3.8) is 0 Å². The lowest BCUT2D eigenvalue weighted by atomic mass is 9.79. The summed E-state index contributed by atoms with van der Waals surface area (Å²) >= 11 is 0. The van der Waals surface area contributed by atoms with Gasteiger partial charge in [0.05, 0.1) is 11.8 Å². The molecule has 3 aromatic rings. The first-order valence-corrected chi connectivity index (χ1v) is 13.7. The van der Waals surface area contributed by atoms with Gasteiger partial charge in [-0.2, -0.15) is 5.26 Å². The van der Waals surface area contributed by atoms with Crippen LogP contribution in [0.1, 0.15) is 92.4 Å². The third kappa shape index (κ3) is 5.51. The van der Waals surface area contributed by atoms with Crippen molar-refractivity contribution >= 4 is 0 Å². The highest BCUT2D eigenvalue weighted by Crippen LogP contribution is 2.46. The molecule has 1 aliphatic carbocycles. The molecule has 0 saturated heterocycles. The number of nitrogens with zero attached hydrogens (tertiary/aromatic N) is 2. The van der Waals surface area contributed by atoms with Gasteiger partial charge >= 0.3 is 0 Å². The zero-order chi connectivity index (χ0) is 24.7. The van der Waals surface area contributed by atoms with Gasteiger partial charge in [-0.25, -0.2) is 0 Å². The summed E-state index contributed by atoms with van der Waals surface area (Å²) in [4.78, 5) is 5.41. The van der Waals surface area contributed by atoms with E-state index < -0.39 is 5.41 Å². The van der Waals surface area contributed by atoms with Crippen LogP contribution in [0.4, 0.5) is 0 Å². The fraction of sp³-hybridized carbons (Fsp3) is 0.455.